The molecule has 0 aliphatic carbocycles. The summed E-state index contributed by atoms with van der Waals surface area (Å²) >= 11 is 0. The van der Waals surface area contributed by atoms with E-state index in [9.17, 15) is 18.0 Å². The zero-order valence-corrected chi connectivity index (χ0v) is 17.0. The van der Waals surface area contributed by atoms with Crippen molar-refractivity contribution < 1.29 is 27.4 Å². The lowest BCUT2D eigenvalue weighted by Crippen LogP contribution is -2.52. The first kappa shape index (κ1) is 21.8. The first-order valence-corrected chi connectivity index (χ1v) is 9.83. The van der Waals surface area contributed by atoms with Crippen LogP contribution >= 0.6 is 0 Å². The summed E-state index contributed by atoms with van der Waals surface area (Å²) in [4.78, 5) is 16.5. The predicted octanol–water partition coefficient (Wildman–Crippen LogP) is 4.22. The first-order chi connectivity index (χ1) is 14.3. The summed E-state index contributed by atoms with van der Waals surface area (Å²) in [6.45, 7) is 3.66. The van der Waals surface area contributed by atoms with Crippen molar-refractivity contribution in [1.29, 1.82) is 0 Å². The molecule has 0 bridgehead atoms. The van der Waals surface area contributed by atoms with Gasteiger partial charge in [-0.2, -0.15) is 13.2 Å². The summed E-state index contributed by atoms with van der Waals surface area (Å²) < 4.78 is 49.9. The van der Waals surface area contributed by atoms with Crippen LogP contribution in [0, 0.1) is 0 Å². The fourth-order valence-corrected chi connectivity index (χ4v) is 3.39. The lowest BCUT2D eigenvalue weighted by molar-refractivity contribution is -0.139. The molecular weight excluding hydrogens is 397 g/mol. The first-order valence-electron chi connectivity index (χ1n) is 9.83. The van der Waals surface area contributed by atoms with Crippen LogP contribution in [0.3, 0.4) is 0 Å². The number of hydrogen-bond donors (Lipinski definition) is 0. The quantitative estimate of drug-likeness (QED) is 0.699. The molecule has 162 valence electrons. The molecule has 8 heteroatoms. The second-order valence-corrected chi connectivity index (χ2v) is 7.05. The van der Waals surface area contributed by atoms with Crippen molar-refractivity contribution in [3.63, 3.8) is 0 Å². The number of nitrogens with zero attached hydrogens (tertiary/aromatic N) is 2. The number of methoxy groups -OCH3 is 1. The zero-order valence-electron chi connectivity index (χ0n) is 17.0. The Bertz CT molecular complexity index is 847. The molecule has 1 fully saturated rings. The van der Waals surface area contributed by atoms with Crippen molar-refractivity contribution in [1.82, 2.24) is 4.90 Å². The molecule has 5 nitrogen and oxygen atoms in total. The Morgan fingerprint density at radius 3 is 2.23 bits per heavy atom. The molecule has 1 amide bonds. The fourth-order valence-electron chi connectivity index (χ4n) is 3.39. The number of ether oxygens (including phenoxy) is 2. The number of benzene rings is 2. The highest BCUT2D eigenvalue weighted by molar-refractivity contribution is 5.81. The number of hydrogen-bond acceptors (Lipinski definition) is 4. The second-order valence-electron chi connectivity index (χ2n) is 7.05. The van der Waals surface area contributed by atoms with Gasteiger partial charge in [-0.1, -0.05) is 13.0 Å². The molecule has 1 saturated heterocycles. The Kier molecular flexibility index (Phi) is 6.74. The Morgan fingerprint density at radius 2 is 1.67 bits per heavy atom. The maximum absolute atomic E-state index is 13.0. The van der Waals surface area contributed by atoms with Crippen molar-refractivity contribution in [3.8, 4) is 11.5 Å². The summed E-state index contributed by atoms with van der Waals surface area (Å²) in [5.74, 6) is 1.17. The largest absolute Gasteiger partial charge is 0.497 e. The van der Waals surface area contributed by atoms with Crippen LogP contribution in [0.4, 0.5) is 18.9 Å². The fraction of sp³-hybridized carbons (Fsp3) is 0.409. The summed E-state index contributed by atoms with van der Waals surface area (Å²) in [5.41, 5.74) is -0.157. The van der Waals surface area contributed by atoms with E-state index in [1.807, 2.05) is 11.8 Å². The van der Waals surface area contributed by atoms with E-state index < -0.39 is 17.8 Å². The van der Waals surface area contributed by atoms with Crippen LogP contribution in [0.15, 0.2) is 48.5 Å². The molecular formula is C22H25F3N2O3. The number of rotatable bonds is 6. The van der Waals surface area contributed by atoms with Crippen LogP contribution in [-0.2, 0) is 11.0 Å². The molecule has 30 heavy (non-hydrogen) atoms. The van der Waals surface area contributed by atoms with E-state index in [1.54, 1.807) is 42.3 Å². The molecule has 0 aromatic heterocycles. The second kappa shape index (κ2) is 9.28. The van der Waals surface area contributed by atoms with Gasteiger partial charge in [0.1, 0.15) is 11.5 Å². The summed E-state index contributed by atoms with van der Waals surface area (Å²) in [6.07, 6.45) is -4.47. The van der Waals surface area contributed by atoms with Crippen LogP contribution < -0.4 is 14.4 Å². The van der Waals surface area contributed by atoms with Crippen LogP contribution in [0.1, 0.15) is 18.9 Å². The lowest BCUT2D eigenvalue weighted by Gasteiger charge is -2.37. The van der Waals surface area contributed by atoms with E-state index in [1.165, 1.54) is 6.07 Å². The molecule has 0 unspecified atom stereocenters. The molecule has 1 atom stereocenters. The Hall–Kier alpha value is -2.90. The minimum absolute atomic E-state index is 0.114. The topological polar surface area (TPSA) is 42.0 Å². The van der Waals surface area contributed by atoms with Gasteiger partial charge in [0, 0.05) is 31.9 Å². The molecule has 0 radical (unpaired) electrons. The smallest absolute Gasteiger partial charge is 0.416 e. The van der Waals surface area contributed by atoms with E-state index in [4.69, 9.17) is 9.47 Å². The van der Waals surface area contributed by atoms with Crippen molar-refractivity contribution in [2.45, 2.75) is 25.6 Å². The standard InChI is InChI=1S/C22H25F3N2O3/c1-3-20(30-19-9-7-18(29-2)8-10-19)21(28)27-13-11-26(12-14-27)17-6-4-5-16(15-17)22(23,24)25/h4-10,15,20H,3,11-14H2,1-2H3/t20-/m0/s1. The van der Waals surface area contributed by atoms with Crippen LogP contribution in [0.2, 0.25) is 0 Å². The van der Waals surface area contributed by atoms with Gasteiger partial charge in [-0.05, 0) is 48.9 Å². The Morgan fingerprint density at radius 1 is 1.03 bits per heavy atom. The third-order valence-electron chi connectivity index (χ3n) is 5.11. The van der Waals surface area contributed by atoms with Crippen molar-refractivity contribution in [2.24, 2.45) is 0 Å². The van der Waals surface area contributed by atoms with E-state index in [0.29, 0.717) is 49.8 Å². The number of carbonyl (C=O) groups excluding carboxylic acids is 1. The van der Waals surface area contributed by atoms with Gasteiger partial charge in [-0.25, -0.2) is 0 Å². The molecule has 0 saturated carbocycles. The molecule has 3 rings (SSSR count). The monoisotopic (exact) mass is 422 g/mol. The SMILES string of the molecule is CC[C@H](Oc1ccc(OC)cc1)C(=O)N1CCN(c2cccc(C(F)(F)F)c2)CC1. The van der Waals surface area contributed by atoms with E-state index in [2.05, 4.69) is 0 Å². The average molecular weight is 422 g/mol. The molecule has 2 aromatic rings. The van der Waals surface area contributed by atoms with Gasteiger partial charge >= 0.3 is 6.18 Å². The zero-order chi connectivity index (χ0) is 21.7. The number of alkyl halides is 3. The third kappa shape index (κ3) is 5.17. The number of anilines is 1. The molecule has 2 aromatic carbocycles. The maximum Gasteiger partial charge on any atom is 0.416 e. The minimum Gasteiger partial charge on any atom is -0.497 e. The van der Waals surface area contributed by atoms with Crippen LogP contribution in [0.5, 0.6) is 11.5 Å². The van der Waals surface area contributed by atoms with Crippen molar-refractivity contribution >= 4 is 11.6 Å². The van der Waals surface area contributed by atoms with Gasteiger partial charge in [0.05, 0.1) is 12.7 Å². The number of halogens is 3. The number of carbonyl (C=O) groups is 1. The van der Waals surface area contributed by atoms with Gasteiger partial charge in [0.15, 0.2) is 6.10 Å². The van der Waals surface area contributed by atoms with Crippen molar-refractivity contribution in [2.75, 3.05) is 38.2 Å². The Balaban J connectivity index is 1.59. The lowest BCUT2D eigenvalue weighted by atomic mass is 10.1. The van der Waals surface area contributed by atoms with E-state index in [0.717, 1.165) is 12.1 Å². The summed E-state index contributed by atoms with van der Waals surface area (Å²) in [7, 11) is 1.58. The summed E-state index contributed by atoms with van der Waals surface area (Å²) in [6, 6.07) is 12.3. The van der Waals surface area contributed by atoms with Gasteiger partial charge in [0.2, 0.25) is 0 Å². The van der Waals surface area contributed by atoms with Gasteiger partial charge in [-0.3, -0.25) is 4.79 Å². The molecule has 0 spiro atoms. The number of amides is 1. The summed E-state index contributed by atoms with van der Waals surface area (Å²) in [5, 5.41) is 0. The normalized spacial score (nSPS) is 15.6. The highest BCUT2D eigenvalue weighted by Gasteiger charge is 2.32. The van der Waals surface area contributed by atoms with E-state index in [-0.39, 0.29) is 5.91 Å². The van der Waals surface area contributed by atoms with Gasteiger partial charge in [-0.15, -0.1) is 0 Å². The molecule has 1 aliphatic heterocycles. The van der Waals surface area contributed by atoms with Gasteiger partial charge in [0.25, 0.3) is 5.91 Å². The maximum atomic E-state index is 13.0. The number of piperazine rings is 1. The average Bonchev–Trinajstić information content (AvgIpc) is 2.77. The third-order valence-corrected chi connectivity index (χ3v) is 5.11. The van der Waals surface area contributed by atoms with Crippen molar-refractivity contribution in [3.05, 3.63) is 54.1 Å². The van der Waals surface area contributed by atoms with E-state index >= 15 is 0 Å². The molecule has 1 heterocycles. The molecule has 0 N–H and O–H groups in total. The highest BCUT2D eigenvalue weighted by atomic mass is 19.4. The van der Waals surface area contributed by atoms with Crippen LogP contribution in [0.25, 0.3) is 0 Å². The van der Waals surface area contributed by atoms with Gasteiger partial charge < -0.3 is 19.3 Å². The Labute approximate surface area is 174 Å². The predicted molar refractivity (Wildman–Crippen MR) is 108 cm³/mol. The highest BCUT2D eigenvalue weighted by Crippen LogP contribution is 2.32. The minimum atomic E-state index is -4.37. The molecule has 1 aliphatic rings. The van der Waals surface area contributed by atoms with Crippen LogP contribution in [-0.4, -0.2) is 50.2 Å².